The first kappa shape index (κ1) is 15.0. The number of likely N-dealkylation sites (N-methyl/N-ethyl adjacent to an activating group) is 1. The van der Waals surface area contributed by atoms with Crippen molar-refractivity contribution >= 4 is 26.0 Å². The molecular weight excluding hydrogens is 328 g/mol. The largest absolute Gasteiger partial charge is 0.308 e. The Balaban J connectivity index is 2.32. The summed E-state index contributed by atoms with van der Waals surface area (Å²) in [7, 11) is 0.543. The van der Waals surface area contributed by atoms with Crippen molar-refractivity contribution in [2.75, 3.05) is 27.2 Å². The summed E-state index contributed by atoms with van der Waals surface area (Å²) in [4.78, 5) is 2.40. The number of hydrogen-bond donors (Lipinski definition) is 0. The van der Waals surface area contributed by atoms with E-state index < -0.39 is 10.0 Å². The van der Waals surface area contributed by atoms with Crippen LogP contribution < -0.4 is 0 Å². The molecule has 0 saturated carbocycles. The van der Waals surface area contributed by atoms with Gasteiger partial charge in [-0.2, -0.15) is 4.31 Å². The van der Waals surface area contributed by atoms with Crippen LogP contribution in [-0.4, -0.2) is 50.8 Å². The Morgan fingerprint density at radius 3 is 2.68 bits per heavy atom. The van der Waals surface area contributed by atoms with Crippen LogP contribution in [0.15, 0.2) is 33.6 Å². The van der Waals surface area contributed by atoms with Crippen LogP contribution in [0.25, 0.3) is 0 Å². The minimum atomic E-state index is -3.40. The second kappa shape index (κ2) is 5.91. The van der Waals surface area contributed by atoms with E-state index in [2.05, 4.69) is 15.9 Å². The second-order valence-electron chi connectivity index (χ2n) is 5.10. The quantitative estimate of drug-likeness (QED) is 0.838. The number of sulfonamides is 1. The van der Waals surface area contributed by atoms with Crippen molar-refractivity contribution in [1.82, 2.24) is 9.21 Å². The monoisotopic (exact) mass is 346 g/mol. The summed E-state index contributed by atoms with van der Waals surface area (Å²) in [5.41, 5.74) is 0. The lowest BCUT2D eigenvalue weighted by Gasteiger charge is -2.26. The van der Waals surface area contributed by atoms with Gasteiger partial charge in [-0.25, -0.2) is 8.42 Å². The van der Waals surface area contributed by atoms with E-state index in [1.807, 2.05) is 25.1 Å². The molecule has 0 aliphatic carbocycles. The molecule has 1 aromatic rings. The zero-order chi connectivity index (χ0) is 14.0. The van der Waals surface area contributed by atoms with Crippen LogP contribution in [0, 0.1) is 0 Å². The van der Waals surface area contributed by atoms with E-state index in [1.54, 1.807) is 22.5 Å². The zero-order valence-electron chi connectivity index (χ0n) is 11.2. The van der Waals surface area contributed by atoms with Gasteiger partial charge in [-0.3, -0.25) is 0 Å². The zero-order valence-corrected chi connectivity index (χ0v) is 13.6. The molecule has 0 N–H and O–H groups in total. The minimum absolute atomic E-state index is 0.0760. The van der Waals surface area contributed by atoms with Crippen molar-refractivity contribution in [3.05, 3.63) is 28.7 Å². The molecule has 1 aromatic carbocycles. The first-order valence-corrected chi connectivity index (χ1v) is 8.57. The average molecular weight is 347 g/mol. The van der Waals surface area contributed by atoms with Gasteiger partial charge in [-0.15, -0.1) is 0 Å². The fourth-order valence-electron chi connectivity index (χ4n) is 2.51. The minimum Gasteiger partial charge on any atom is -0.308 e. The molecule has 1 saturated heterocycles. The molecule has 0 bridgehead atoms. The van der Waals surface area contributed by atoms with Gasteiger partial charge in [0.05, 0.1) is 4.90 Å². The summed E-state index contributed by atoms with van der Waals surface area (Å²) >= 11 is 3.33. The Morgan fingerprint density at radius 2 is 2.05 bits per heavy atom. The fourth-order valence-corrected chi connectivity index (χ4v) is 5.16. The maximum Gasteiger partial charge on any atom is 0.244 e. The van der Waals surface area contributed by atoms with Crippen LogP contribution in [0.3, 0.4) is 0 Å². The van der Waals surface area contributed by atoms with Crippen LogP contribution >= 0.6 is 15.9 Å². The Hall–Kier alpha value is -0.430. The van der Waals surface area contributed by atoms with E-state index in [4.69, 9.17) is 0 Å². The standard InChI is InChI=1S/C13H19BrN2O2S/c1-15(2)10-11-6-5-9-16(11)19(17,18)13-8-4-3-7-12(13)14/h3-4,7-8,11H,5-6,9-10H2,1-2H3. The van der Waals surface area contributed by atoms with Crippen molar-refractivity contribution in [1.29, 1.82) is 0 Å². The van der Waals surface area contributed by atoms with E-state index in [-0.39, 0.29) is 6.04 Å². The number of rotatable bonds is 4. The van der Waals surface area contributed by atoms with Crippen LogP contribution in [-0.2, 0) is 10.0 Å². The lowest BCUT2D eigenvalue weighted by molar-refractivity contribution is 0.291. The van der Waals surface area contributed by atoms with Crippen LogP contribution in [0.4, 0.5) is 0 Å². The van der Waals surface area contributed by atoms with E-state index in [0.29, 0.717) is 15.9 Å². The molecule has 1 atom stereocenters. The Kier molecular flexibility index (Phi) is 4.66. The molecule has 0 radical (unpaired) electrons. The summed E-state index contributed by atoms with van der Waals surface area (Å²) in [6.07, 6.45) is 1.87. The molecule has 0 spiro atoms. The van der Waals surface area contributed by atoms with Crippen molar-refractivity contribution in [3.63, 3.8) is 0 Å². The van der Waals surface area contributed by atoms with Gasteiger partial charge < -0.3 is 4.90 Å². The maximum absolute atomic E-state index is 12.7. The Bertz CT molecular complexity index is 545. The summed E-state index contributed by atoms with van der Waals surface area (Å²) < 4.78 is 27.7. The van der Waals surface area contributed by atoms with Gasteiger partial charge in [0.2, 0.25) is 10.0 Å². The molecule has 1 fully saturated rings. The third-order valence-corrected chi connectivity index (χ3v) is 6.29. The molecule has 1 unspecified atom stereocenters. The van der Waals surface area contributed by atoms with E-state index >= 15 is 0 Å². The van der Waals surface area contributed by atoms with Crippen molar-refractivity contribution in [3.8, 4) is 0 Å². The molecule has 6 heteroatoms. The fraction of sp³-hybridized carbons (Fsp3) is 0.538. The number of nitrogens with zero attached hydrogens (tertiary/aromatic N) is 2. The Labute approximate surface area is 123 Å². The van der Waals surface area contributed by atoms with E-state index in [9.17, 15) is 8.42 Å². The molecule has 4 nitrogen and oxygen atoms in total. The molecule has 106 valence electrons. The van der Waals surface area contributed by atoms with E-state index in [1.165, 1.54) is 0 Å². The average Bonchev–Trinajstić information content (AvgIpc) is 2.77. The first-order valence-electron chi connectivity index (χ1n) is 6.34. The van der Waals surface area contributed by atoms with Crippen LogP contribution in [0.1, 0.15) is 12.8 Å². The van der Waals surface area contributed by atoms with Gasteiger partial charge in [0.25, 0.3) is 0 Å². The molecule has 1 aliphatic rings. The first-order chi connectivity index (χ1) is 8.93. The summed E-state index contributed by atoms with van der Waals surface area (Å²) in [6.45, 7) is 1.38. The topological polar surface area (TPSA) is 40.6 Å². The summed E-state index contributed by atoms with van der Waals surface area (Å²) in [6, 6.07) is 7.08. The number of hydrogen-bond acceptors (Lipinski definition) is 3. The van der Waals surface area contributed by atoms with Crippen LogP contribution in [0.5, 0.6) is 0 Å². The van der Waals surface area contributed by atoms with Gasteiger partial charge in [-0.05, 0) is 55.0 Å². The third-order valence-electron chi connectivity index (χ3n) is 3.32. The highest BCUT2D eigenvalue weighted by Gasteiger charge is 2.36. The number of halogens is 1. The van der Waals surface area contributed by atoms with Gasteiger partial charge in [0.15, 0.2) is 0 Å². The Morgan fingerprint density at radius 1 is 1.37 bits per heavy atom. The summed E-state index contributed by atoms with van der Waals surface area (Å²) in [5.74, 6) is 0. The maximum atomic E-state index is 12.7. The second-order valence-corrected chi connectivity index (χ2v) is 7.82. The predicted octanol–water partition coefficient (Wildman–Crippen LogP) is 2.16. The normalized spacial score (nSPS) is 21.2. The number of benzene rings is 1. The SMILES string of the molecule is CN(C)CC1CCCN1S(=O)(=O)c1ccccc1Br. The molecular formula is C13H19BrN2O2S. The molecule has 0 amide bonds. The lowest BCUT2D eigenvalue weighted by atomic mass is 10.2. The molecule has 0 aromatic heterocycles. The molecule has 1 aliphatic heterocycles. The molecule has 1 heterocycles. The van der Waals surface area contributed by atoms with E-state index in [0.717, 1.165) is 19.4 Å². The van der Waals surface area contributed by atoms with Gasteiger partial charge in [0, 0.05) is 23.6 Å². The van der Waals surface area contributed by atoms with Gasteiger partial charge >= 0.3 is 0 Å². The van der Waals surface area contributed by atoms with Crippen molar-refractivity contribution in [2.24, 2.45) is 0 Å². The molecule has 2 rings (SSSR count). The molecule has 19 heavy (non-hydrogen) atoms. The van der Waals surface area contributed by atoms with Gasteiger partial charge in [-0.1, -0.05) is 12.1 Å². The lowest BCUT2D eigenvalue weighted by Crippen LogP contribution is -2.41. The van der Waals surface area contributed by atoms with Crippen molar-refractivity contribution < 1.29 is 8.42 Å². The van der Waals surface area contributed by atoms with Gasteiger partial charge in [0.1, 0.15) is 0 Å². The smallest absolute Gasteiger partial charge is 0.244 e. The highest BCUT2D eigenvalue weighted by molar-refractivity contribution is 9.10. The highest BCUT2D eigenvalue weighted by Crippen LogP contribution is 2.30. The summed E-state index contributed by atoms with van der Waals surface area (Å²) in [5, 5.41) is 0. The predicted molar refractivity (Wildman–Crippen MR) is 79.6 cm³/mol. The van der Waals surface area contributed by atoms with Crippen molar-refractivity contribution in [2.45, 2.75) is 23.8 Å². The third kappa shape index (κ3) is 3.18. The van der Waals surface area contributed by atoms with Crippen LogP contribution in [0.2, 0.25) is 0 Å². The highest BCUT2D eigenvalue weighted by atomic mass is 79.9.